The Morgan fingerprint density at radius 2 is 1.45 bits per heavy atom. The number of nitrogens with two attached hydrogens (primary N) is 1. The summed E-state index contributed by atoms with van der Waals surface area (Å²) in [7, 11) is -4.62. The van der Waals surface area contributed by atoms with Crippen molar-refractivity contribution in [3.05, 3.63) is 59.7 Å². The number of unbranched alkanes of at least 4 members (excludes halogenated alkanes) is 1. The number of benzene rings is 2. The molecule has 2 aromatic rings. The van der Waals surface area contributed by atoms with Crippen LogP contribution in [0, 0.1) is 0 Å². The van der Waals surface area contributed by atoms with Gasteiger partial charge < -0.3 is 5.73 Å². The van der Waals surface area contributed by atoms with Crippen molar-refractivity contribution in [2.75, 3.05) is 5.73 Å². The third-order valence-electron chi connectivity index (χ3n) is 3.31. The van der Waals surface area contributed by atoms with Crippen LogP contribution in [-0.2, 0) is 23.1 Å². The molecular weight excluding hydrogens is 325 g/mol. The predicted molar refractivity (Wildman–Crippen MR) is 89.5 cm³/mol. The molecule has 0 atom stereocenters. The minimum Gasteiger partial charge on any atom is -0.399 e. The highest BCUT2D eigenvalue weighted by Gasteiger charge is 2.11. The maximum Gasteiger partial charge on any atom is 0.332 e. The lowest BCUT2D eigenvalue weighted by Crippen LogP contribution is -1.95. The van der Waals surface area contributed by atoms with Crippen LogP contribution in [0.3, 0.4) is 0 Å². The van der Waals surface area contributed by atoms with Crippen molar-refractivity contribution in [3.8, 4) is 0 Å². The molecule has 0 aliphatic rings. The molecular formula is C16H19ClFNO2S. The fraction of sp³-hybridized carbons (Fsp3) is 0.250. The molecule has 0 amide bonds. The van der Waals surface area contributed by atoms with Gasteiger partial charge in [-0.15, -0.1) is 16.3 Å². The van der Waals surface area contributed by atoms with Crippen molar-refractivity contribution in [2.24, 2.45) is 0 Å². The highest BCUT2D eigenvalue weighted by Crippen LogP contribution is 2.16. The fourth-order valence-corrected chi connectivity index (χ4v) is 2.79. The third kappa shape index (κ3) is 5.66. The highest BCUT2D eigenvalue weighted by molar-refractivity contribution is 7.86. The molecule has 3 nitrogen and oxygen atoms in total. The van der Waals surface area contributed by atoms with E-state index in [9.17, 15) is 12.3 Å². The van der Waals surface area contributed by atoms with E-state index in [4.69, 9.17) is 5.73 Å². The molecule has 0 saturated carbocycles. The minimum absolute atomic E-state index is 0. The summed E-state index contributed by atoms with van der Waals surface area (Å²) < 4.78 is 34.6. The van der Waals surface area contributed by atoms with Gasteiger partial charge >= 0.3 is 10.2 Å². The van der Waals surface area contributed by atoms with Gasteiger partial charge in [-0.1, -0.05) is 24.3 Å². The molecule has 22 heavy (non-hydrogen) atoms. The first-order chi connectivity index (χ1) is 9.95. The summed E-state index contributed by atoms with van der Waals surface area (Å²) >= 11 is 0. The molecule has 0 bridgehead atoms. The molecule has 6 heteroatoms. The lowest BCUT2D eigenvalue weighted by molar-refractivity contribution is 0.552. The van der Waals surface area contributed by atoms with E-state index < -0.39 is 10.2 Å². The van der Waals surface area contributed by atoms with Gasteiger partial charge in [0.1, 0.15) is 0 Å². The second-order valence-electron chi connectivity index (χ2n) is 5.04. The number of hydrogen-bond acceptors (Lipinski definition) is 3. The van der Waals surface area contributed by atoms with Crippen LogP contribution in [0.15, 0.2) is 53.4 Å². The Balaban J connectivity index is 0.00000242. The monoisotopic (exact) mass is 343 g/mol. The molecule has 0 heterocycles. The highest BCUT2D eigenvalue weighted by atomic mass is 35.5. The lowest BCUT2D eigenvalue weighted by Gasteiger charge is -2.04. The van der Waals surface area contributed by atoms with E-state index >= 15 is 0 Å². The molecule has 2 N–H and O–H groups in total. The SMILES string of the molecule is Cl.Nc1cccc(CCCCc2cccc(S(=O)(=O)F)c2)c1. The molecule has 0 aliphatic heterocycles. The van der Waals surface area contributed by atoms with Crippen LogP contribution in [0.4, 0.5) is 9.57 Å². The zero-order valence-corrected chi connectivity index (χ0v) is 13.7. The third-order valence-corrected chi connectivity index (χ3v) is 4.13. The first kappa shape index (κ1) is 18.5. The maximum absolute atomic E-state index is 12.9. The predicted octanol–water partition coefficient (Wildman–Crippen LogP) is 3.91. The van der Waals surface area contributed by atoms with E-state index in [1.165, 1.54) is 17.7 Å². The van der Waals surface area contributed by atoms with Crippen LogP contribution in [0.2, 0.25) is 0 Å². The molecule has 0 spiro atoms. The van der Waals surface area contributed by atoms with Crippen LogP contribution in [0.1, 0.15) is 24.0 Å². The molecule has 120 valence electrons. The van der Waals surface area contributed by atoms with Gasteiger partial charge in [-0.3, -0.25) is 0 Å². The van der Waals surface area contributed by atoms with Gasteiger partial charge in [0.05, 0.1) is 4.90 Å². The number of hydrogen-bond donors (Lipinski definition) is 1. The van der Waals surface area contributed by atoms with E-state index in [0.29, 0.717) is 0 Å². The van der Waals surface area contributed by atoms with Gasteiger partial charge in [0.15, 0.2) is 0 Å². The van der Waals surface area contributed by atoms with Gasteiger partial charge in [0, 0.05) is 5.69 Å². The van der Waals surface area contributed by atoms with Crippen molar-refractivity contribution in [2.45, 2.75) is 30.6 Å². The maximum atomic E-state index is 12.9. The summed E-state index contributed by atoms with van der Waals surface area (Å²) in [6.07, 6.45) is 3.53. The molecule has 0 aromatic heterocycles. The molecule has 0 fully saturated rings. The van der Waals surface area contributed by atoms with Crippen molar-refractivity contribution in [1.82, 2.24) is 0 Å². The molecule has 0 saturated heterocycles. The molecule has 2 rings (SSSR count). The van der Waals surface area contributed by atoms with Crippen LogP contribution in [0.5, 0.6) is 0 Å². The Morgan fingerprint density at radius 3 is 2.00 bits per heavy atom. The van der Waals surface area contributed by atoms with Crippen LogP contribution >= 0.6 is 12.4 Å². The zero-order valence-electron chi connectivity index (χ0n) is 12.0. The summed E-state index contributed by atoms with van der Waals surface area (Å²) in [5.74, 6) is 0. The molecule has 0 aliphatic carbocycles. The van der Waals surface area contributed by atoms with Crippen LogP contribution < -0.4 is 5.73 Å². The Labute approximate surface area is 137 Å². The van der Waals surface area contributed by atoms with Gasteiger partial charge in [-0.2, -0.15) is 8.42 Å². The van der Waals surface area contributed by atoms with E-state index in [1.54, 1.807) is 6.07 Å². The number of halogens is 2. The summed E-state index contributed by atoms with van der Waals surface area (Å²) in [6, 6.07) is 13.8. The number of aryl methyl sites for hydroxylation is 2. The Morgan fingerprint density at radius 1 is 0.909 bits per heavy atom. The largest absolute Gasteiger partial charge is 0.399 e. The Bertz CT molecular complexity index is 720. The van der Waals surface area contributed by atoms with Crippen molar-refractivity contribution in [1.29, 1.82) is 0 Å². The van der Waals surface area contributed by atoms with Crippen LogP contribution in [0.25, 0.3) is 0 Å². The van der Waals surface area contributed by atoms with E-state index in [1.807, 2.05) is 30.3 Å². The smallest absolute Gasteiger partial charge is 0.332 e. The topological polar surface area (TPSA) is 60.2 Å². The molecule has 0 unspecified atom stereocenters. The van der Waals surface area contributed by atoms with E-state index in [-0.39, 0.29) is 17.3 Å². The van der Waals surface area contributed by atoms with Gasteiger partial charge in [-0.05, 0) is 61.1 Å². The Kier molecular flexibility index (Phi) is 6.84. The second-order valence-corrected chi connectivity index (χ2v) is 6.38. The molecule has 0 radical (unpaired) electrons. The average Bonchev–Trinajstić information content (AvgIpc) is 2.43. The number of nitrogen functional groups attached to an aromatic ring is 1. The number of anilines is 1. The zero-order chi connectivity index (χ0) is 15.3. The van der Waals surface area contributed by atoms with Crippen molar-refractivity contribution >= 4 is 28.3 Å². The normalized spacial score (nSPS) is 11.0. The van der Waals surface area contributed by atoms with Crippen LogP contribution in [-0.4, -0.2) is 8.42 Å². The summed E-state index contributed by atoms with van der Waals surface area (Å²) in [4.78, 5) is -0.268. The standard InChI is InChI=1S/C16H18FNO2S.ClH/c17-21(19,20)16-10-4-8-14(12-16)6-2-1-5-13-7-3-9-15(18)11-13;/h3-4,7-12H,1-2,5-6,18H2;1H. The number of rotatable bonds is 6. The first-order valence-electron chi connectivity index (χ1n) is 6.83. The van der Waals surface area contributed by atoms with E-state index in [2.05, 4.69) is 0 Å². The van der Waals surface area contributed by atoms with Gasteiger partial charge in [0.25, 0.3) is 0 Å². The Hall–Kier alpha value is -1.59. The fourth-order valence-electron chi connectivity index (χ4n) is 2.26. The van der Waals surface area contributed by atoms with Crippen molar-refractivity contribution < 1.29 is 12.3 Å². The van der Waals surface area contributed by atoms with Gasteiger partial charge in [0.2, 0.25) is 0 Å². The van der Waals surface area contributed by atoms with Gasteiger partial charge in [-0.25, -0.2) is 0 Å². The quantitative estimate of drug-likeness (QED) is 0.491. The second kappa shape index (κ2) is 8.15. The van der Waals surface area contributed by atoms with Crippen molar-refractivity contribution in [3.63, 3.8) is 0 Å². The average molecular weight is 344 g/mol. The summed E-state index contributed by atoms with van der Waals surface area (Å²) in [6.45, 7) is 0. The minimum atomic E-state index is -4.62. The molecule has 2 aromatic carbocycles. The first-order valence-corrected chi connectivity index (χ1v) is 8.21. The van der Waals surface area contributed by atoms with E-state index in [0.717, 1.165) is 36.9 Å². The summed E-state index contributed by atoms with van der Waals surface area (Å²) in [5, 5.41) is 0. The summed E-state index contributed by atoms with van der Waals surface area (Å²) in [5.41, 5.74) is 8.50. The lowest BCUT2D eigenvalue weighted by atomic mass is 10.0.